The van der Waals surface area contributed by atoms with E-state index in [0.29, 0.717) is 5.92 Å². The first-order valence-electron chi connectivity index (χ1n) is 21.0. The summed E-state index contributed by atoms with van der Waals surface area (Å²) in [6.45, 7) is 6.93. The van der Waals surface area contributed by atoms with Gasteiger partial charge in [-0.1, -0.05) is 180 Å². The van der Waals surface area contributed by atoms with Gasteiger partial charge in [0.15, 0.2) is 0 Å². The molecular weight excluding hydrogens is 703 g/mol. The Labute approximate surface area is 342 Å². The molecule has 2 nitrogen and oxygen atoms in total. The summed E-state index contributed by atoms with van der Waals surface area (Å²) >= 11 is 0. The lowest BCUT2D eigenvalue weighted by Gasteiger charge is -2.32. The van der Waals surface area contributed by atoms with Crippen LogP contribution in [0.15, 0.2) is 180 Å². The third-order valence-corrected chi connectivity index (χ3v) is 12.4. The Kier molecular flexibility index (Phi) is 9.21. The lowest BCUT2D eigenvalue weighted by atomic mass is 9.80. The fourth-order valence-electron chi connectivity index (χ4n) is 9.53. The first-order valence-corrected chi connectivity index (χ1v) is 21.0. The molecule has 0 aliphatic heterocycles. The van der Waals surface area contributed by atoms with E-state index in [0.717, 1.165) is 50.1 Å². The molecule has 0 N–H and O–H groups in total. The summed E-state index contributed by atoms with van der Waals surface area (Å²) in [6.07, 6.45) is 6.46. The van der Waals surface area contributed by atoms with Crippen LogP contribution >= 0.6 is 0 Å². The fourth-order valence-corrected chi connectivity index (χ4v) is 9.53. The zero-order valence-electron chi connectivity index (χ0n) is 33.7. The van der Waals surface area contributed by atoms with Gasteiger partial charge in [0.25, 0.3) is 0 Å². The monoisotopic (exact) mass is 751 g/mol. The van der Waals surface area contributed by atoms with Gasteiger partial charge in [-0.25, -0.2) is 0 Å². The summed E-state index contributed by atoms with van der Waals surface area (Å²) in [7, 11) is 0. The van der Waals surface area contributed by atoms with E-state index in [9.17, 15) is 0 Å². The molecule has 58 heavy (non-hydrogen) atoms. The number of para-hydroxylation sites is 2. The lowest BCUT2D eigenvalue weighted by molar-refractivity contribution is 0.445. The van der Waals surface area contributed by atoms with E-state index in [4.69, 9.17) is 4.42 Å². The third-order valence-electron chi connectivity index (χ3n) is 12.4. The summed E-state index contributed by atoms with van der Waals surface area (Å²) in [5.41, 5.74) is 15.2. The van der Waals surface area contributed by atoms with Gasteiger partial charge in [-0.05, 0) is 105 Å². The van der Waals surface area contributed by atoms with Crippen molar-refractivity contribution in [2.75, 3.05) is 4.90 Å². The van der Waals surface area contributed by atoms with Crippen molar-refractivity contribution in [2.45, 2.75) is 64.2 Å². The number of benzene rings is 8. The van der Waals surface area contributed by atoms with Crippen LogP contribution in [0.5, 0.6) is 0 Å². The molecule has 0 spiro atoms. The number of anilines is 3. The quantitative estimate of drug-likeness (QED) is 0.161. The minimum Gasteiger partial charge on any atom is -0.456 e. The van der Waals surface area contributed by atoms with Crippen LogP contribution in [0.2, 0.25) is 0 Å². The standard InChI is InChI=1S/C56H49NO/c1-56(2,3)42-34-35-44(38-18-6-4-7-19-38)51(37-42)57(43-25-14-24-41(36-43)46-29-17-33-53-55(46)49-27-11-13-32-52(49)58-53)50-31-12-10-26-47(50)48-30-16-23-40-22-15-28-45(54(40)48)39-20-8-5-9-21-39/h4,6-7,10-19,22-37,39H,5,8-9,20-21H2,1-3H3. The molecule has 2 heteroatoms. The summed E-state index contributed by atoms with van der Waals surface area (Å²) < 4.78 is 6.38. The lowest BCUT2D eigenvalue weighted by Crippen LogP contribution is -2.16. The molecule has 9 aromatic rings. The molecule has 1 aliphatic rings. The van der Waals surface area contributed by atoms with E-state index >= 15 is 0 Å². The molecule has 0 amide bonds. The zero-order chi connectivity index (χ0) is 39.2. The number of rotatable bonds is 7. The van der Waals surface area contributed by atoms with Crippen molar-refractivity contribution in [3.8, 4) is 33.4 Å². The summed E-state index contributed by atoms with van der Waals surface area (Å²) in [5.74, 6) is 0.577. The van der Waals surface area contributed by atoms with Crippen molar-refractivity contribution in [1.29, 1.82) is 0 Å². The van der Waals surface area contributed by atoms with Crippen molar-refractivity contribution in [3.63, 3.8) is 0 Å². The number of nitrogens with zero attached hydrogens (tertiary/aromatic N) is 1. The largest absolute Gasteiger partial charge is 0.456 e. The molecule has 10 rings (SSSR count). The zero-order valence-corrected chi connectivity index (χ0v) is 33.7. The molecule has 1 heterocycles. The van der Waals surface area contributed by atoms with E-state index < -0.39 is 0 Å². The van der Waals surface area contributed by atoms with E-state index in [2.05, 4.69) is 196 Å². The van der Waals surface area contributed by atoms with Crippen molar-refractivity contribution < 1.29 is 4.42 Å². The molecule has 8 aromatic carbocycles. The highest BCUT2D eigenvalue weighted by Crippen LogP contribution is 2.49. The van der Waals surface area contributed by atoms with E-state index in [-0.39, 0.29) is 5.41 Å². The second-order valence-corrected chi connectivity index (χ2v) is 17.1. The van der Waals surface area contributed by atoms with Gasteiger partial charge in [-0.3, -0.25) is 0 Å². The summed E-state index contributed by atoms with van der Waals surface area (Å²) in [5, 5.41) is 4.98. The molecule has 0 bridgehead atoms. The van der Waals surface area contributed by atoms with E-state index in [1.54, 1.807) is 0 Å². The van der Waals surface area contributed by atoms with Crippen molar-refractivity contribution in [1.82, 2.24) is 0 Å². The Morgan fingerprint density at radius 2 is 1.16 bits per heavy atom. The Hall–Kier alpha value is -6.38. The molecule has 1 aliphatic carbocycles. The van der Waals surface area contributed by atoms with Crippen LogP contribution in [-0.4, -0.2) is 0 Å². The van der Waals surface area contributed by atoms with Gasteiger partial charge < -0.3 is 9.32 Å². The van der Waals surface area contributed by atoms with Crippen LogP contribution < -0.4 is 4.90 Å². The van der Waals surface area contributed by atoms with Gasteiger partial charge in [-0.15, -0.1) is 0 Å². The van der Waals surface area contributed by atoms with E-state index in [1.165, 1.54) is 76.3 Å². The predicted molar refractivity (Wildman–Crippen MR) is 247 cm³/mol. The highest BCUT2D eigenvalue weighted by molar-refractivity contribution is 6.12. The molecule has 0 saturated heterocycles. The highest BCUT2D eigenvalue weighted by Gasteiger charge is 2.26. The molecule has 1 aromatic heterocycles. The van der Waals surface area contributed by atoms with Gasteiger partial charge in [0.1, 0.15) is 11.2 Å². The van der Waals surface area contributed by atoms with Gasteiger partial charge >= 0.3 is 0 Å². The average molecular weight is 752 g/mol. The second-order valence-electron chi connectivity index (χ2n) is 17.1. The van der Waals surface area contributed by atoms with Gasteiger partial charge in [0, 0.05) is 27.6 Å². The molecule has 0 atom stereocenters. The van der Waals surface area contributed by atoms with Gasteiger partial charge in [0.05, 0.1) is 11.4 Å². The van der Waals surface area contributed by atoms with Crippen LogP contribution in [-0.2, 0) is 5.41 Å². The van der Waals surface area contributed by atoms with E-state index in [1.807, 2.05) is 6.07 Å². The SMILES string of the molecule is CC(C)(C)c1ccc(-c2ccccc2)c(N(c2cccc(-c3cccc4oc5ccccc5c34)c2)c2ccccc2-c2cccc3cccc(C4CCCCC4)c23)c1. The smallest absolute Gasteiger partial charge is 0.136 e. The van der Waals surface area contributed by atoms with Crippen molar-refractivity contribution >= 4 is 49.8 Å². The maximum atomic E-state index is 6.38. The number of hydrogen-bond donors (Lipinski definition) is 0. The van der Waals surface area contributed by atoms with Crippen molar-refractivity contribution in [2.24, 2.45) is 0 Å². The van der Waals surface area contributed by atoms with Gasteiger partial charge in [0.2, 0.25) is 0 Å². The maximum absolute atomic E-state index is 6.38. The molecule has 0 unspecified atom stereocenters. The Balaban J connectivity index is 1.26. The molecule has 284 valence electrons. The van der Waals surface area contributed by atoms with Crippen LogP contribution in [0, 0.1) is 0 Å². The highest BCUT2D eigenvalue weighted by atomic mass is 16.3. The number of furan rings is 1. The predicted octanol–water partition coefficient (Wildman–Crippen LogP) is 16.6. The first kappa shape index (κ1) is 36.0. The maximum Gasteiger partial charge on any atom is 0.136 e. The topological polar surface area (TPSA) is 16.4 Å². The normalized spacial score (nSPS) is 13.7. The number of hydrogen-bond acceptors (Lipinski definition) is 2. The van der Waals surface area contributed by atoms with Crippen molar-refractivity contribution in [3.05, 3.63) is 187 Å². The Morgan fingerprint density at radius 3 is 2.00 bits per heavy atom. The van der Waals surface area contributed by atoms with Crippen LogP contribution in [0.4, 0.5) is 17.1 Å². The summed E-state index contributed by atoms with van der Waals surface area (Å²) in [4.78, 5) is 2.53. The Bertz CT molecular complexity index is 2920. The first-order chi connectivity index (χ1) is 28.4. The molecular formula is C56H49NO. The van der Waals surface area contributed by atoms with Crippen LogP contribution in [0.3, 0.4) is 0 Å². The molecule has 1 saturated carbocycles. The van der Waals surface area contributed by atoms with Gasteiger partial charge in [-0.2, -0.15) is 0 Å². The number of fused-ring (bicyclic) bond motifs is 4. The third kappa shape index (κ3) is 6.47. The summed E-state index contributed by atoms with van der Waals surface area (Å²) in [6, 6.07) is 64.9. The second kappa shape index (κ2) is 14.8. The minimum atomic E-state index is -0.0560. The molecule has 1 fully saturated rings. The Morgan fingerprint density at radius 1 is 0.483 bits per heavy atom. The fraction of sp³-hybridized carbons (Fsp3) is 0.179. The minimum absolute atomic E-state index is 0.0560. The van der Waals surface area contributed by atoms with Crippen LogP contribution in [0.1, 0.15) is 69.9 Å². The average Bonchev–Trinajstić information content (AvgIpc) is 3.66. The van der Waals surface area contributed by atoms with Crippen LogP contribution in [0.25, 0.3) is 66.1 Å². The molecule has 0 radical (unpaired) electrons.